The topological polar surface area (TPSA) is 89.5 Å². The van der Waals surface area contributed by atoms with E-state index in [0.717, 1.165) is 24.5 Å². The van der Waals surface area contributed by atoms with Gasteiger partial charge in [-0.15, -0.1) is 11.3 Å². The number of ether oxygens (including phenoxy) is 2. The van der Waals surface area contributed by atoms with E-state index in [1.165, 1.54) is 11.3 Å². The number of aromatic nitrogens is 1. The zero-order chi connectivity index (χ0) is 23.0. The maximum atomic E-state index is 12.6. The Morgan fingerprint density at radius 1 is 1.18 bits per heavy atom. The number of nitrogens with zero attached hydrogens (tertiary/aromatic N) is 1. The molecule has 1 aromatic heterocycles. The number of para-hydroxylation sites is 1. The molecule has 9 heteroatoms. The van der Waals surface area contributed by atoms with Crippen molar-refractivity contribution in [2.24, 2.45) is 0 Å². The van der Waals surface area contributed by atoms with Crippen molar-refractivity contribution in [2.75, 3.05) is 18.5 Å². The van der Waals surface area contributed by atoms with Crippen LogP contribution in [-0.4, -0.2) is 36.1 Å². The lowest BCUT2D eigenvalue weighted by Crippen LogP contribution is -2.32. The van der Waals surface area contributed by atoms with Gasteiger partial charge in [0.1, 0.15) is 17.4 Å². The number of carbonyl (C=O) groups is 2. The van der Waals surface area contributed by atoms with Crippen LogP contribution in [0.1, 0.15) is 33.9 Å². The summed E-state index contributed by atoms with van der Waals surface area (Å²) in [5.74, 6) is 0.213. The van der Waals surface area contributed by atoms with E-state index >= 15 is 0 Å². The average Bonchev–Trinajstić information content (AvgIpc) is 3.49. The standard InChI is InChI=1S/C24H24ClN3O4S/c25-16-7-9-18(10-8-16)32-14-23-27-17(15-33-23)12-22(29)28-21-6-2-1-5-20(21)24(30)26-13-19-4-3-11-31-19/h1-2,5-10,15,19H,3-4,11-14H2,(H,26,30)(H,28,29). The zero-order valence-electron chi connectivity index (χ0n) is 17.9. The highest BCUT2D eigenvalue weighted by Crippen LogP contribution is 2.20. The SMILES string of the molecule is O=C(Cc1csc(COc2ccc(Cl)cc2)n1)Nc1ccccc1C(=O)NCC1CCCO1. The number of hydrogen-bond acceptors (Lipinski definition) is 6. The first-order valence-corrected chi connectivity index (χ1v) is 11.9. The minimum absolute atomic E-state index is 0.0539. The molecule has 0 bridgehead atoms. The van der Waals surface area contributed by atoms with Gasteiger partial charge in [0.25, 0.3) is 5.91 Å². The van der Waals surface area contributed by atoms with Crippen LogP contribution >= 0.6 is 22.9 Å². The van der Waals surface area contributed by atoms with Crippen molar-refractivity contribution in [3.05, 3.63) is 75.2 Å². The van der Waals surface area contributed by atoms with Crippen LogP contribution in [0.3, 0.4) is 0 Å². The van der Waals surface area contributed by atoms with E-state index in [9.17, 15) is 9.59 Å². The fourth-order valence-electron chi connectivity index (χ4n) is 3.43. The molecule has 4 rings (SSSR count). The molecule has 0 aliphatic carbocycles. The largest absolute Gasteiger partial charge is 0.486 e. The molecule has 1 saturated heterocycles. The van der Waals surface area contributed by atoms with E-state index in [0.29, 0.717) is 40.9 Å². The maximum Gasteiger partial charge on any atom is 0.253 e. The summed E-state index contributed by atoms with van der Waals surface area (Å²) in [6, 6.07) is 14.0. The predicted molar refractivity (Wildman–Crippen MR) is 128 cm³/mol. The first-order valence-electron chi connectivity index (χ1n) is 10.7. The fraction of sp³-hybridized carbons (Fsp3) is 0.292. The van der Waals surface area contributed by atoms with Gasteiger partial charge in [-0.3, -0.25) is 9.59 Å². The van der Waals surface area contributed by atoms with Crippen LogP contribution in [0, 0.1) is 0 Å². The average molecular weight is 486 g/mol. The molecule has 1 unspecified atom stereocenters. The van der Waals surface area contributed by atoms with Crippen molar-refractivity contribution >= 4 is 40.4 Å². The number of hydrogen-bond donors (Lipinski definition) is 2. The first kappa shape index (κ1) is 23.2. The molecule has 1 aliphatic rings. The van der Waals surface area contributed by atoms with E-state index in [2.05, 4.69) is 15.6 Å². The second kappa shape index (κ2) is 11.3. The van der Waals surface area contributed by atoms with E-state index < -0.39 is 0 Å². The smallest absolute Gasteiger partial charge is 0.253 e. The summed E-state index contributed by atoms with van der Waals surface area (Å²) in [7, 11) is 0. The summed E-state index contributed by atoms with van der Waals surface area (Å²) in [4.78, 5) is 29.7. The number of benzene rings is 2. The van der Waals surface area contributed by atoms with Gasteiger partial charge in [-0.25, -0.2) is 4.98 Å². The lowest BCUT2D eigenvalue weighted by molar-refractivity contribution is -0.115. The summed E-state index contributed by atoms with van der Waals surface area (Å²) in [5.41, 5.74) is 1.53. The summed E-state index contributed by atoms with van der Waals surface area (Å²) >= 11 is 7.31. The fourth-order valence-corrected chi connectivity index (χ4v) is 4.26. The maximum absolute atomic E-state index is 12.6. The van der Waals surface area contributed by atoms with E-state index in [1.807, 2.05) is 5.38 Å². The molecule has 7 nitrogen and oxygen atoms in total. The third-order valence-electron chi connectivity index (χ3n) is 5.08. The van der Waals surface area contributed by atoms with Gasteiger partial charge in [-0.2, -0.15) is 0 Å². The van der Waals surface area contributed by atoms with Crippen LogP contribution in [-0.2, 0) is 22.6 Å². The van der Waals surface area contributed by atoms with E-state index in [-0.39, 0.29) is 24.3 Å². The van der Waals surface area contributed by atoms with Gasteiger partial charge >= 0.3 is 0 Å². The van der Waals surface area contributed by atoms with Crippen LogP contribution in [0.25, 0.3) is 0 Å². The van der Waals surface area contributed by atoms with Crippen molar-refractivity contribution in [1.82, 2.24) is 10.3 Å². The Labute approximate surface area is 201 Å². The molecule has 2 N–H and O–H groups in total. The highest BCUT2D eigenvalue weighted by atomic mass is 35.5. The lowest BCUT2D eigenvalue weighted by Gasteiger charge is -2.13. The molecule has 1 aliphatic heterocycles. The van der Waals surface area contributed by atoms with Crippen LogP contribution < -0.4 is 15.4 Å². The van der Waals surface area contributed by atoms with Crippen LogP contribution in [0.4, 0.5) is 5.69 Å². The van der Waals surface area contributed by atoms with Gasteiger partial charge in [0, 0.05) is 23.6 Å². The molecule has 2 aromatic carbocycles. The van der Waals surface area contributed by atoms with Gasteiger partial charge in [0.2, 0.25) is 5.91 Å². The van der Waals surface area contributed by atoms with Gasteiger partial charge in [0.15, 0.2) is 0 Å². The number of amides is 2. The van der Waals surface area contributed by atoms with Crippen molar-refractivity contribution in [2.45, 2.75) is 32.0 Å². The number of carbonyl (C=O) groups excluding carboxylic acids is 2. The van der Waals surface area contributed by atoms with Crippen LogP contribution in [0.2, 0.25) is 5.02 Å². The van der Waals surface area contributed by atoms with Gasteiger partial charge in [0.05, 0.1) is 29.5 Å². The number of thiazole rings is 1. The zero-order valence-corrected chi connectivity index (χ0v) is 19.5. The molecule has 0 spiro atoms. The van der Waals surface area contributed by atoms with Gasteiger partial charge in [-0.1, -0.05) is 23.7 Å². The number of rotatable bonds is 9. The molecule has 2 amide bonds. The Bertz CT molecular complexity index is 1100. The molecule has 33 heavy (non-hydrogen) atoms. The van der Waals surface area contributed by atoms with E-state index in [4.69, 9.17) is 21.1 Å². The summed E-state index contributed by atoms with van der Waals surface area (Å²) < 4.78 is 11.2. The predicted octanol–water partition coefficient (Wildman–Crippen LogP) is 4.47. The molecule has 172 valence electrons. The molecule has 0 saturated carbocycles. The second-order valence-electron chi connectivity index (χ2n) is 7.59. The minimum Gasteiger partial charge on any atom is -0.486 e. The first-order chi connectivity index (χ1) is 16.1. The Balaban J connectivity index is 1.30. The summed E-state index contributed by atoms with van der Waals surface area (Å²) in [5, 5.41) is 8.97. The third kappa shape index (κ3) is 6.77. The highest BCUT2D eigenvalue weighted by Gasteiger charge is 2.19. The molecule has 3 aromatic rings. The Morgan fingerprint density at radius 3 is 2.79 bits per heavy atom. The van der Waals surface area contributed by atoms with Crippen molar-refractivity contribution in [3.63, 3.8) is 0 Å². The van der Waals surface area contributed by atoms with Crippen molar-refractivity contribution < 1.29 is 19.1 Å². The molecule has 1 atom stereocenters. The quantitative estimate of drug-likeness (QED) is 0.467. The molecule has 2 heterocycles. The van der Waals surface area contributed by atoms with Crippen LogP contribution in [0.5, 0.6) is 5.75 Å². The molecule has 0 radical (unpaired) electrons. The molecular formula is C24H24ClN3O4S. The Morgan fingerprint density at radius 2 is 2.00 bits per heavy atom. The monoisotopic (exact) mass is 485 g/mol. The number of anilines is 1. The van der Waals surface area contributed by atoms with Crippen molar-refractivity contribution in [3.8, 4) is 5.75 Å². The molecule has 1 fully saturated rings. The highest BCUT2D eigenvalue weighted by molar-refractivity contribution is 7.09. The van der Waals surface area contributed by atoms with Gasteiger partial charge < -0.3 is 20.1 Å². The van der Waals surface area contributed by atoms with Gasteiger partial charge in [-0.05, 0) is 49.2 Å². The second-order valence-corrected chi connectivity index (χ2v) is 8.97. The van der Waals surface area contributed by atoms with E-state index in [1.54, 1.807) is 48.5 Å². The number of nitrogens with one attached hydrogen (secondary N) is 2. The van der Waals surface area contributed by atoms with Crippen LogP contribution in [0.15, 0.2) is 53.9 Å². The minimum atomic E-state index is -0.246. The number of halogens is 1. The van der Waals surface area contributed by atoms with Crippen molar-refractivity contribution in [1.29, 1.82) is 0 Å². The normalized spacial score (nSPS) is 15.2. The third-order valence-corrected chi connectivity index (χ3v) is 6.20. The Hall–Kier alpha value is -2.94. The summed E-state index contributed by atoms with van der Waals surface area (Å²) in [6.07, 6.45) is 2.11. The molecular weight excluding hydrogens is 462 g/mol. The lowest BCUT2D eigenvalue weighted by atomic mass is 10.1. The Kier molecular flexibility index (Phi) is 7.93. The summed E-state index contributed by atoms with van der Waals surface area (Å²) in [6.45, 7) is 1.50.